The zero-order valence-corrected chi connectivity index (χ0v) is 9.87. The number of hydrogen-bond donors (Lipinski definition) is 0. The van der Waals surface area contributed by atoms with Gasteiger partial charge in [-0.2, -0.15) is 0 Å². The molecule has 2 rings (SSSR count). The number of nitro groups is 1. The van der Waals surface area contributed by atoms with E-state index < -0.39 is 10.7 Å². The molecule has 1 aromatic heterocycles. The van der Waals surface area contributed by atoms with Crippen LogP contribution in [0.2, 0.25) is 0 Å². The Balaban J connectivity index is 2.51. The van der Waals surface area contributed by atoms with Crippen molar-refractivity contribution in [3.63, 3.8) is 0 Å². The van der Waals surface area contributed by atoms with Gasteiger partial charge >= 0.3 is 0 Å². The van der Waals surface area contributed by atoms with Gasteiger partial charge in [-0.1, -0.05) is 0 Å². The highest BCUT2D eigenvalue weighted by molar-refractivity contribution is 5.58. The molecule has 0 radical (unpaired) electrons. The van der Waals surface area contributed by atoms with E-state index in [2.05, 4.69) is 10.2 Å². The number of halogens is 1. The predicted molar refractivity (Wildman–Crippen MR) is 62.5 cm³/mol. The summed E-state index contributed by atoms with van der Waals surface area (Å²) in [7, 11) is 0. The molecule has 2 aromatic rings. The monoisotopic (exact) mass is 250 g/mol. The fourth-order valence-electron chi connectivity index (χ4n) is 1.61. The van der Waals surface area contributed by atoms with Gasteiger partial charge in [0.15, 0.2) is 5.82 Å². The lowest BCUT2D eigenvalue weighted by Gasteiger charge is -2.10. The number of nitro benzene ring substituents is 1. The minimum atomic E-state index is -0.681. The fourth-order valence-corrected chi connectivity index (χ4v) is 1.61. The maximum absolute atomic E-state index is 13.8. The molecule has 1 heterocycles. The highest BCUT2D eigenvalue weighted by Gasteiger charge is 2.17. The average Bonchev–Trinajstić information content (AvgIpc) is 2.77. The van der Waals surface area contributed by atoms with Gasteiger partial charge in [0, 0.05) is 12.1 Å². The first-order chi connectivity index (χ1) is 8.50. The molecule has 0 saturated carbocycles. The molecule has 1 aromatic carbocycles. The molecule has 18 heavy (non-hydrogen) atoms. The Morgan fingerprint density at radius 2 is 2.17 bits per heavy atom. The van der Waals surface area contributed by atoms with Crippen molar-refractivity contribution in [2.45, 2.75) is 19.9 Å². The number of non-ortho nitro benzene ring substituents is 1. The molecular formula is C11H11FN4O2. The summed E-state index contributed by atoms with van der Waals surface area (Å²) in [6.07, 6.45) is 1.50. The van der Waals surface area contributed by atoms with E-state index >= 15 is 0 Å². The summed E-state index contributed by atoms with van der Waals surface area (Å²) in [5, 5.41) is 18.1. The molecule has 0 aliphatic carbocycles. The van der Waals surface area contributed by atoms with Gasteiger partial charge in [0.25, 0.3) is 5.69 Å². The topological polar surface area (TPSA) is 73.8 Å². The Morgan fingerprint density at radius 3 is 2.72 bits per heavy atom. The fraction of sp³-hybridized carbons (Fsp3) is 0.273. The second-order valence-electron chi connectivity index (χ2n) is 4.08. The predicted octanol–water partition coefficient (Wildman–Crippen LogP) is 2.57. The minimum absolute atomic E-state index is 0.0737. The number of hydrogen-bond acceptors (Lipinski definition) is 4. The Bertz CT molecular complexity index is 594. The maximum atomic E-state index is 13.8. The molecule has 0 saturated heterocycles. The lowest BCUT2D eigenvalue weighted by Crippen LogP contribution is -2.03. The van der Waals surface area contributed by atoms with Gasteiger partial charge < -0.3 is 4.57 Å². The standard InChI is InChI=1S/C11H11FN4O2/c1-7(2)15-6-13-14-11(15)9-4-3-8(16(17)18)5-10(9)12/h3-7H,1-2H3. The second kappa shape index (κ2) is 4.52. The first kappa shape index (κ1) is 12.2. The van der Waals surface area contributed by atoms with Crippen molar-refractivity contribution in [1.29, 1.82) is 0 Å². The van der Waals surface area contributed by atoms with Crippen molar-refractivity contribution in [2.75, 3.05) is 0 Å². The second-order valence-corrected chi connectivity index (χ2v) is 4.08. The van der Waals surface area contributed by atoms with Gasteiger partial charge in [-0.15, -0.1) is 10.2 Å². The first-order valence-corrected chi connectivity index (χ1v) is 5.34. The quantitative estimate of drug-likeness (QED) is 0.619. The third-order valence-electron chi connectivity index (χ3n) is 2.53. The molecule has 0 unspecified atom stereocenters. The van der Waals surface area contributed by atoms with Crippen molar-refractivity contribution >= 4 is 5.69 Å². The number of nitrogens with zero attached hydrogens (tertiary/aromatic N) is 4. The molecule has 0 amide bonds. The van der Waals surface area contributed by atoms with Gasteiger partial charge in [-0.3, -0.25) is 10.1 Å². The van der Waals surface area contributed by atoms with Crippen LogP contribution in [0.4, 0.5) is 10.1 Å². The highest BCUT2D eigenvalue weighted by Crippen LogP contribution is 2.26. The van der Waals surface area contributed by atoms with Crippen molar-refractivity contribution in [2.24, 2.45) is 0 Å². The zero-order valence-electron chi connectivity index (χ0n) is 9.87. The average molecular weight is 250 g/mol. The number of benzene rings is 1. The molecule has 0 atom stereocenters. The Labute approximate surface area is 102 Å². The molecule has 0 N–H and O–H groups in total. The van der Waals surface area contributed by atoms with E-state index in [0.717, 1.165) is 6.07 Å². The lowest BCUT2D eigenvalue weighted by molar-refractivity contribution is -0.385. The van der Waals surface area contributed by atoms with Crippen LogP contribution in [-0.2, 0) is 0 Å². The smallest absolute Gasteiger partial charge is 0.272 e. The van der Waals surface area contributed by atoms with E-state index in [0.29, 0.717) is 5.82 Å². The van der Waals surface area contributed by atoms with Crippen molar-refractivity contribution in [3.05, 3.63) is 40.5 Å². The number of rotatable bonds is 3. The van der Waals surface area contributed by atoms with Crippen LogP contribution in [0.3, 0.4) is 0 Å². The maximum Gasteiger partial charge on any atom is 0.272 e. The normalized spacial score (nSPS) is 10.9. The zero-order chi connectivity index (χ0) is 13.3. The SMILES string of the molecule is CC(C)n1cnnc1-c1ccc([N+](=O)[O-])cc1F. The van der Waals surface area contributed by atoms with E-state index in [1.807, 2.05) is 13.8 Å². The van der Waals surface area contributed by atoms with Gasteiger partial charge in [0.05, 0.1) is 16.6 Å². The van der Waals surface area contributed by atoms with Crippen molar-refractivity contribution in [3.8, 4) is 11.4 Å². The van der Waals surface area contributed by atoms with Crippen LogP contribution in [-0.4, -0.2) is 19.7 Å². The minimum Gasteiger partial charge on any atom is -0.311 e. The summed E-state index contributed by atoms with van der Waals surface area (Å²) in [6.45, 7) is 3.83. The molecule has 0 fully saturated rings. The van der Waals surface area contributed by atoms with E-state index in [1.165, 1.54) is 18.5 Å². The molecule has 94 valence electrons. The molecule has 6 nitrogen and oxygen atoms in total. The van der Waals surface area contributed by atoms with Crippen LogP contribution < -0.4 is 0 Å². The largest absolute Gasteiger partial charge is 0.311 e. The highest BCUT2D eigenvalue weighted by atomic mass is 19.1. The molecule has 0 aliphatic heterocycles. The van der Waals surface area contributed by atoms with Crippen LogP contribution >= 0.6 is 0 Å². The van der Waals surface area contributed by atoms with Gasteiger partial charge in [-0.05, 0) is 19.9 Å². The Kier molecular flexibility index (Phi) is 3.05. The lowest BCUT2D eigenvalue weighted by atomic mass is 10.1. The van der Waals surface area contributed by atoms with Crippen LogP contribution in [0.25, 0.3) is 11.4 Å². The first-order valence-electron chi connectivity index (χ1n) is 5.34. The third-order valence-corrected chi connectivity index (χ3v) is 2.53. The Hall–Kier alpha value is -2.31. The summed E-state index contributed by atoms with van der Waals surface area (Å²) in [5.41, 5.74) is -0.0846. The van der Waals surface area contributed by atoms with E-state index in [1.54, 1.807) is 4.57 Å². The molecular weight excluding hydrogens is 239 g/mol. The van der Waals surface area contributed by atoms with Crippen molar-refractivity contribution in [1.82, 2.24) is 14.8 Å². The summed E-state index contributed by atoms with van der Waals surface area (Å²) in [5.74, 6) is -0.323. The van der Waals surface area contributed by atoms with Gasteiger partial charge in [0.1, 0.15) is 12.1 Å². The van der Waals surface area contributed by atoms with Crippen molar-refractivity contribution < 1.29 is 9.31 Å². The number of aromatic nitrogens is 3. The molecule has 0 aliphatic rings. The van der Waals surface area contributed by atoms with E-state index in [4.69, 9.17) is 0 Å². The molecule has 0 bridgehead atoms. The van der Waals surface area contributed by atoms with Crippen LogP contribution in [0.1, 0.15) is 19.9 Å². The summed E-state index contributed by atoms with van der Waals surface area (Å²) < 4.78 is 15.5. The van der Waals surface area contributed by atoms with Crippen LogP contribution in [0.5, 0.6) is 0 Å². The van der Waals surface area contributed by atoms with Gasteiger partial charge in [0.2, 0.25) is 0 Å². The van der Waals surface area contributed by atoms with E-state index in [-0.39, 0.29) is 17.3 Å². The summed E-state index contributed by atoms with van der Waals surface area (Å²) in [4.78, 5) is 9.89. The van der Waals surface area contributed by atoms with Gasteiger partial charge in [-0.25, -0.2) is 4.39 Å². The molecule has 7 heteroatoms. The third kappa shape index (κ3) is 2.06. The Morgan fingerprint density at radius 1 is 1.44 bits per heavy atom. The summed E-state index contributed by atoms with van der Waals surface area (Å²) >= 11 is 0. The summed E-state index contributed by atoms with van der Waals surface area (Å²) in [6, 6.07) is 3.55. The van der Waals surface area contributed by atoms with E-state index in [9.17, 15) is 14.5 Å². The van der Waals surface area contributed by atoms with Crippen LogP contribution in [0, 0.1) is 15.9 Å². The molecule has 0 spiro atoms. The van der Waals surface area contributed by atoms with Crippen LogP contribution in [0.15, 0.2) is 24.5 Å².